The topological polar surface area (TPSA) is 60.9 Å². The minimum absolute atomic E-state index is 0.218. The van der Waals surface area contributed by atoms with Crippen LogP contribution in [-0.4, -0.2) is 52.6 Å². The van der Waals surface area contributed by atoms with Gasteiger partial charge in [-0.2, -0.15) is 0 Å². The molecule has 100 valence electrons. The van der Waals surface area contributed by atoms with Crippen molar-refractivity contribution in [3.63, 3.8) is 0 Å². The smallest absolute Gasteiger partial charge is 0.329 e. The van der Waals surface area contributed by atoms with Gasteiger partial charge in [0, 0.05) is 13.6 Å². The highest BCUT2D eigenvalue weighted by molar-refractivity contribution is 5.85. The zero-order valence-corrected chi connectivity index (χ0v) is 11.1. The summed E-state index contributed by atoms with van der Waals surface area (Å²) in [6.45, 7) is 3.83. The SMILES string of the molecule is C#CCN(CC1CC1)C(=O)N(C)C(C)(C)C(=O)O. The quantitative estimate of drug-likeness (QED) is 0.749. The molecule has 0 bridgehead atoms. The number of carbonyl (C=O) groups is 2. The number of terminal acetylenes is 1. The summed E-state index contributed by atoms with van der Waals surface area (Å²) in [5, 5.41) is 9.11. The second-order valence-electron chi connectivity index (χ2n) is 5.23. The summed E-state index contributed by atoms with van der Waals surface area (Å²) >= 11 is 0. The molecule has 0 spiro atoms. The monoisotopic (exact) mass is 252 g/mol. The molecule has 0 heterocycles. The van der Waals surface area contributed by atoms with E-state index in [9.17, 15) is 9.59 Å². The lowest BCUT2D eigenvalue weighted by Gasteiger charge is -2.35. The van der Waals surface area contributed by atoms with E-state index in [0.717, 1.165) is 12.8 Å². The second-order valence-corrected chi connectivity index (χ2v) is 5.23. The molecule has 0 aliphatic heterocycles. The number of likely N-dealkylation sites (N-methyl/N-ethyl adjacent to an activating group) is 1. The number of amides is 2. The van der Waals surface area contributed by atoms with Crippen molar-refractivity contribution in [1.29, 1.82) is 0 Å². The number of aliphatic carboxylic acids is 1. The third-order valence-corrected chi connectivity index (χ3v) is 3.38. The van der Waals surface area contributed by atoms with Gasteiger partial charge in [-0.05, 0) is 32.6 Å². The molecule has 0 aromatic rings. The summed E-state index contributed by atoms with van der Waals surface area (Å²) < 4.78 is 0. The molecule has 0 radical (unpaired) electrons. The zero-order valence-electron chi connectivity index (χ0n) is 11.1. The third kappa shape index (κ3) is 3.16. The summed E-state index contributed by atoms with van der Waals surface area (Å²) in [5.74, 6) is 1.93. The van der Waals surface area contributed by atoms with Crippen molar-refractivity contribution in [1.82, 2.24) is 9.80 Å². The highest BCUT2D eigenvalue weighted by Crippen LogP contribution is 2.30. The van der Waals surface area contributed by atoms with Crippen LogP contribution in [0.2, 0.25) is 0 Å². The van der Waals surface area contributed by atoms with Crippen molar-refractivity contribution in [2.75, 3.05) is 20.1 Å². The molecule has 18 heavy (non-hydrogen) atoms. The molecule has 5 heteroatoms. The summed E-state index contributed by atoms with van der Waals surface area (Å²) in [7, 11) is 1.49. The maximum atomic E-state index is 12.2. The van der Waals surface area contributed by atoms with Crippen LogP contribution in [0.15, 0.2) is 0 Å². The fourth-order valence-electron chi connectivity index (χ4n) is 1.53. The van der Waals surface area contributed by atoms with Crippen molar-refractivity contribution >= 4 is 12.0 Å². The van der Waals surface area contributed by atoms with Crippen molar-refractivity contribution in [3.8, 4) is 12.3 Å². The van der Waals surface area contributed by atoms with E-state index in [0.29, 0.717) is 12.5 Å². The Bertz CT molecular complexity index is 380. The molecule has 1 aliphatic carbocycles. The Kier molecular flexibility index (Phi) is 4.23. The van der Waals surface area contributed by atoms with Crippen molar-refractivity contribution in [2.24, 2.45) is 5.92 Å². The number of nitrogens with zero attached hydrogens (tertiary/aromatic N) is 2. The lowest BCUT2D eigenvalue weighted by molar-refractivity contribution is -0.147. The van der Waals surface area contributed by atoms with Crippen LogP contribution in [0.5, 0.6) is 0 Å². The van der Waals surface area contributed by atoms with Gasteiger partial charge < -0.3 is 14.9 Å². The molecule has 0 aromatic carbocycles. The van der Waals surface area contributed by atoms with Gasteiger partial charge in [-0.3, -0.25) is 0 Å². The summed E-state index contributed by atoms with van der Waals surface area (Å²) in [4.78, 5) is 26.1. The standard InChI is InChI=1S/C13H20N2O3/c1-5-8-15(9-10-6-7-10)12(18)14(4)13(2,3)11(16)17/h1,10H,6-9H2,2-4H3,(H,16,17). The van der Waals surface area contributed by atoms with Gasteiger partial charge in [-0.15, -0.1) is 6.42 Å². The van der Waals surface area contributed by atoms with Crippen LogP contribution < -0.4 is 0 Å². The van der Waals surface area contributed by atoms with Crippen LogP contribution in [0.1, 0.15) is 26.7 Å². The van der Waals surface area contributed by atoms with Crippen LogP contribution in [0, 0.1) is 18.3 Å². The van der Waals surface area contributed by atoms with Crippen LogP contribution in [0.25, 0.3) is 0 Å². The molecule has 1 saturated carbocycles. The van der Waals surface area contributed by atoms with Crippen LogP contribution >= 0.6 is 0 Å². The van der Waals surface area contributed by atoms with Gasteiger partial charge in [0.25, 0.3) is 0 Å². The Morgan fingerprint density at radius 1 is 1.44 bits per heavy atom. The number of carbonyl (C=O) groups excluding carboxylic acids is 1. The molecule has 0 saturated heterocycles. The lowest BCUT2D eigenvalue weighted by Crippen LogP contribution is -2.55. The fraction of sp³-hybridized carbons (Fsp3) is 0.692. The van der Waals surface area contributed by atoms with E-state index in [1.165, 1.54) is 25.8 Å². The first-order valence-corrected chi connectivity index (χ1v) is 6.00. The summed E-state index contributed by atoms with van der Waals surface area (Å²) in [5.41, 5.74) is -1.24. The zero-order chi connectivity index (χ0) is 13.9. The summed E-state index contributed by atoms with van der Waals surface area (Å²) in [6, 6.07) is -0.327. The van der Waals surface area contributed by atoms with Crippen molar-refractivity contribution in [2.45, 2.75) is 32.2 Å². The van der Waals surface area contributed by atoms with Crippen LogP contribution in [0.3, 0.4) is 0 Å². The normalized spacial score (nSPS) is 14.8. The predicted octanol–water partition coefficient (Wildman–Crippen LogP) is 1.25. The van der Waals surface area contributed by atoms with Gasteiger partial charge in [0.2, 0.25) is 0 Å². The Hall–Kier alpha value is -1.70. The minimum Gasteiger partial charge on any atom is -0.480 e. The van der Waals surface area contributed by atoms with Crippen molar-refractivity contribution in [3.05, 3.63) is 0 Å². The highest BCUT2D eigenvalue weighted by Gasteiger charge is 2.38. The fourth-order valence-corrected chi connectivity index (χ4v) is 1.53. The second kappa shape index (κ2) is 5.30. The molecule has 1 N–H and O–H groups in total. The number of hydrogen-bond acceptors (Lipinski definition) is 2. The summed E-state index contributed by atoms with van der Waals surface area (Å²) in [6.07, 6.45) is 7.48. The first-order valence-electron chi connectivity index (χ1n) is 6.00. The van der Waals surface area contributed by atoms with Gasteiger partial charge in [0.05, 0.1) is 6.54 Å². The Morgan fingerprint density at radius 3 is 2.39 bits per heavy atom. The average Bonchev–Trinajstić information content (AvgIpc) is 3.10. The van der Waals surface area contributed by atoms with E-state index in [1.807, 2.05) is 0 Å². The minimum atomic E-state index is -1.24. The Labute approximate surface area is 108 Å². The van der Waals surface area contributed by atoms with E-state index in [1.54, 1.807) is 4.90 Å². The van der Waals surface area contributed by atoms with Crippen LogP contribution in [0.4, 0.5) is 4.79 Å². The highest BCUT2D eigenvalue weighted by atomic mass is 16.4. The third-order valence-electron chi connectivity index (χ3n) is 3.38. The molecule has 0 unspecified atom stereocenters. The molecule has 2 amide bonds. The number of carboxylic acid groups (broad SMARTS) is 1. The molecule has 1 rings (SSSR count). The van der Waals surface area contributed by atoms with Crippen molar-refractivity contribution < 1.29 is 14.7 Å². The molecule has 5 nitrogen and oxygen atoms in total. The van der Waals surface area contributed by atoms with Gasteiger partial charge in [-0.1, -0.05) is 5.92 Å². The predicted molar refractivity (Wildman–Crippen MR) is 68.0 cm³/mol. The van der Waals surface area contributed by atoms with E-state index in [4.69, 9.17) is 11.5 Å². The maximum Gasteiger partial charge on any atom is 0.329 e. The first kappa shape index (κ1) is 14.4. The Balaban J connectivity index is 2.75. The maximum absolute atomic E-state index is 12.2. The van der Waals surface area contributed by atoms with Gasteiger partial charge in [-0.25, -0.2) is 9.59 Å². The molecule has 0 atom stereocenters. The molecule has 1 fully saturated rings. The van der Waals surface area contributed by atoms with E-state index in [2.05, 4.69) is 5.92 Å². The van der Waals surface area contributed by atoms with Crippen LogP contribution in [-0.2, 0) is 4.79 Å². The molecule has 0 aromatic heterocycles. The van der Waals surface area contributed by atoms with E-state index < -0.39 is 11.5 Å². The van der Waals surface area contributed by atoms with Gasteiger partial charge in [0.1, 0.15) is 5.54 Å². The number of carboxylic acids is 1. The largest absolute Gasteiger partial charge is 0.480 e. The van der Waals surface area contributed by atoms with Gasteiger partial charge in [0.15, 0.2) is 0 Å². The van der Waals surface area contributed by atoms with E-state index in [-0.39, 0.29) is 12.6 Å². The average molecular weight is 252 g/mol. The first-order chi connectivity index (χ1) is 8.30. The number of hydrogen-bond donors (Lipinski definition) is 1. The lowest BCUT2D eigenvalue weighted by atomic mass is 10.0. The Morgan fingerprint density at radius 2 is 2.00 bits per heavy atom. The van der Waals surface area contributed by atoms with E-state index >= 15 is 0 Å². The molecular weight excluding hydrogens is 232 g/mol. The molecular formula is C13H20N2O3. The number of rotatable bonds is 5. The van der Waals surface area contributed by atoms with Gasteiger partial charge >= 0.3 is 12.0 Å². The molecule has 1 aliphatic rings. The number of urea groups is 1.